The van der Waals surface area contributed by atoms with Gasteiger partial charge < -0.3 is 19.9 Å². The number of amides is 2. The van der Waals surface area contributed by atoms with Gasteiger partial charge in [-0.15, -0.1) is 0 Å². The van der Waals surface area contributed by atoms with Crippen molar-refractivity contribution < 1.29 is 14.3 Å². The molecule has 0 saturated carbocycles. The van der Waals surface area contributed by atoms with Gasteiger partial charge in [-0.05, 0) is 24.6 Å². The van der Waals surface area contributed by atoms with Crippen LogP contribution in [-0.4, -0.2) is 70.8 Å². The Morgan fingerprint density at radius 2 is 1.82 bits per heavy atom. The number of rotatable bonds is 6. The van der Waals surface area contributed by atoms with Gasteiger partial charge >= 0.3 is 12.0 Å². The highest BCUT2D eigenvalue weighted by Crippen LogP contribution is 2.16. The summed E-state index contributed by atoms with van der Waals surface area (Å²) in [6.45, 7) is 3.90. The van der Waals surface area contributed by atoms with E-state index in [2.05, 4.69) is 15.3 Å². The summed E-state index contributed by atoms with van der Waals surface area (Å²) in [6.07, 6.45) is 1.65. The van der Waals surface area contributed by atoms with Gasteiger partial charge in [0.1, 0.15) is 12.1 Å². The molecule has 1 aromatic carbocycles. The number of piperazine rings is 1. The fraction of sp³-hybridized carbons (Fsp3) is 0.348. The molecule has 3 heterocycles. The third kappa shape index (κ3) is 5.11. The number of anilines is 1. The number of esters is 1. The van der Waals surface area contributed by atoms with Gasteiger partial charge in [0.2, 0.25) is 0 Å². The normalized spacial score (nSPS) is 13.7. The van der Waals surface area contributed by atoms with Crippen molar-refractivity contribution in [1.29, 1.82) is 0 Å². The molecule has 0 unspecified atom stereocenters. The van der Waals surface area contributed by atoms with Crippen LogP contribution in [0.2, 0.25) is 0 Å². The lowest BCUT2D eigenvalue weighted by molar-refractivity contribution is -0.141. The van der Waals surface area contributed by atoms with E-state index in [1.807, 2.05) is 41.3 Å². The summed E-state index contributed by atoms with van der Waals surface area (Å²) in [5.41, 5.74) is 1.95. The Bertz CT molecular complexity index is 1190. The predicted octanol–water partition coefficient (Wildman–Crippen LogP) is 1.23. The van der Waals surface area contributed by atoms with E-state index in [1.54, 1.807) is 28.7 Å². The summed E-state index contributed by atoms with van der Waals surface area (Å²) in [5, 5.41) is 2.57. The van der Waals surface area contributed by atoms with E-state index in [9.17, 15) is 14.4 Å². The minimum Gasteiger partial charge on any atom is -0.465 e. The molecule has 0 spiro atoms. The van der Waals surface area contributed by atoms with Crippen LogP contribution in [-0.2, 0) is 16.1 Å². The number of urea groups is 1. The number of nitrogens with one attached hydrogen (secondary N) is 1. The average Bonchev–Trinajstić information content (AvgIpc) is 2.85. The standard InChI is InChI=1S/C23H26N6O4/c1-2-33-19(30)15-25-23(32)28-13-11-27(12-14-28)21-22(31)29(16-17-7-4-3-5-8-17)20-18(26-21)9-6-10-24-20/h3-10H,2,11-16H2,1H3,(H,25,32). The zero-order chi connectivity index (χ0) is 23.2. The van der Waals surface area contributed by atoms with Crippen molar-refractivity contribution in [3.05, 3.63) is 64.6 Å². The molecule has 172 valence electrons. The number of fused-ring (bicyclic) bond motifs is 1. The Kier molecular flexibility index (Phi) is 6.82. The van der Waals surface area contributed by atoms with Crippen molar-refractivity contribution in [3.63, 3.8) is 0 Å². The molecule has 2 amide bonds. The van der Waals surface area contributed by atoms with Gasteiger partial charge in [0.05, 0.1) is 13.2 Å². The van der Waals surface area contributed by atoms with E-state index in [0.29, 0.717) is 49.7 Å². The zero-order valence-electron chi connectivity index (χ0n) is 18.4. The molecule has 33 heavy (non-hydrogen) atoms. The van der Waals surface area contributed by atoms with Crippen LogP contribution in [0.1, 0.15) is 12.5 Å². The first kappa shape index (κ1) is 22.3. The van der Waals surface area contributed by atoms with Crippen LogP contribution in [0.25, 0.3) is 11.2 Å². The smallest absolute Gasteiger partial charge is 0.325 e. The third-order valence-electron chi connectivity index (χ3n) is 5.42. The molecule has 1 aliphatic heterocycles. The van der Waals surface area contributed by atoms with E-state index in [0.717, 1.165) is 5.56 Å². The molecule has 10 heteroatoms. The van der Waals surface area contributed by atoms with Crippen molar-refractivity contribution in [3.8, 4) is 0 Å². The summed E-state index contributed by atoms with van der Waals surface area (Å²) in [4.78, 5) is 49.7. The fourth-order valence-electron chi connectivity index (χ4n) is 3.77. The molecule has 0 atom stereocenters. The molecule has 4 rings (SSSR count). The molecular weight excluding hydrogens is 424 g/mol. The molecule has 1 aliphatic rings. The average molecular weight is 450 g/mol. The molecule has 10 nitrogen and oxygen atoms in total. The number of nitrogens with zero attached hydrogens (tertiary/aromatic N) is 5. The van der Waals surface area contributed by atoms with Crippen LogP contribution in [0.4, 0.5) is 10.6 Å². The maximum atomic E-state index is 13.4. The first-order valence-corrected chi connectivity index (χ1v) is 10.9. The second-order valence-corrected chi connectivity index (χ2v) is 7.60. The molecule has 2 aromatic heterocycles. The quantitative estimate of drug-likeness (QED) is 0.563. The molecular formula is C23H26N6O4. The van der Waals surface area contributed by atoms with E-state index in [4.69, 9.17) is 4.74 Å². The minimum atomic E-state index is -0.475. The van der Waals surface area contributed by atoms with Gasteiger partial charge in [-0.3, -0.25) is 14.2 Å². The summed E-state index contributed by atoms with van der Waals surface area (Å²) in [7, 11) is 0. The van der Waals surface area contributed by atoms with Crippen LogP contribution >= 0.6 is 0 Å². The highest BCUT2D eigenvalue weighted by atomic mass is 16.5. The first-order chi connectivity index (χ1) is 16.1. The monoisotopic (exact) mass is 450 g/mol. The number of aromatic nitrogens is 3. The number of hydrogen-bond donors (Lipinski definition) is 1. The molecule has 0 radical (unpaired) electrons. The number of hydrogen-bond acceptors (Lipinski definition) is 7. The number of carbonyl (C=O) groups excluding carboxylic acids is 2. The number of carbonyl (C=O) groups is 2. The fourth-order valence-corrected chi connectivity index (χ4v) is 3.77. The van der Waals surface area contributed by atoms with E-state index in [1.165, 1.54) is 0 Å². The Morgan fingerprint density at radius 3 is 2.55 bits per heavy atom. The maximum Gasteiger partial charge on any atom is 0.325 e. The molecule has 0 bridgehead atoms. The molecule has 1 fully saturated rings. The number of pyridine rings is 1. The van der Waals surface area contributed by atoms with Gasteiger partial charge in [0, 0.05) is 32.4 Å². The highest BCUT2D eigenvalue weighted by Gasteiger charge is 2.25. The lowest BCUT2D eigenvalue weighted by Gasteiger charge is -2.35. The van der Waals surface area contributed by atoms with Crippen molar-refractivity contribution >= 4 is 29.0 Å². The minimum absolute atomic E-state index is 0.170. The largest absolute Gasteiger partial charge is 0.465 e. The Hall–Kier alpha value is -3.95. The summed E-state index contributed by atoms with van der Waals surface area (Å²) >= 11 is 0. The van der Waals surface area contributed by atoms with Crippen LogP contribution in [0.15, 0.2) is 53.5 Å². The molecule has 3 aromatic rings. The van der Waals surface area contributed by atoms with E-state index >= 15 is 0 Å². The van der Waals surface area contributed by atoms with Crippen molar-refractivity contribution in [2.45, 2.75) is 13.5 Å². The van der Waals surface area contributed by atoms with Crippen LogP contribution < -0.4 is 15.8 Å². The Morgan fingerprint density at radius 1 is 1.06 bits per heavy atom. The van der Waals surface area contributed by atoms with Gasteiger partial charge in [-0.1, -0.05) is 30.3 Å². The SMILES string of the molecule is CCOC(=O)CNC(=O)N1CCN(c2nc3cccnc3n(Cc3ccccc3)c2=O)CC1. The number of benzene rings is 1. The maximum absolute atomic E-state index is 13.4. The first-order valence-electron chi connectivity index (χ1n) is 10.9. The molecule has 1 saturated heterocycles. The van der Waals surface area contributed by atoms with Gasteiger partial charge in [0.15, 0.2) is 11.5 Å². The van der Waals surface area contributed by atoms with Gasteiger partial charge in [-0.25, -0.2) is 14.8 Å². The topological polar surface area (TPSA) is 110 Å². The Balaban J connectivity index is 1.51. The molecule has 0 aliphatic carbocycles. The van der Waals surface area contributed by atoms with Crippen LogP contribution in [0.3, 0.4) is 0 Å². The van der Waals surface area contributed by atoms with E-state index in [-0.39, 0.29) is 24.7 Å². The highest BCUT2D eigenvalue weighted by molar-refractivity contribution is 5.81. The van der Waals surface area contributed by atoms with Crippen molar-refractivity contribution in [2.75, 3.05) is 44.2 Å². The third-order valence-corrected chi connectivity index (χ3v) is 5.42. The van der Waals surface area contributed by atoms with Crippen molar-refractivity contribution in [1.82, 2.24) is 24.8 Å². The molecule has 1 N–H and O–H groups in total. The van der Waals surface area contributed by atoms with Gasteiger partial charge in [0.25, 0.3) is 5.56 Å². The second-order valence-electron chi connectivity index (χ2n) is 7.60. The van der Waals surface area contributed by atoms with Crippen LogP contribution in [0.5, 0.6) is 0 Å². The predicted molar refractivity (Wildman–Crippen MR) is 123 cm³/mol. The van der Waals surface area contributed by atoms with Crippen molar-refractivity contribution in [2.24, 2.45) is 0 Å². The second kappa shape index (κ2) is 10.1. The van der Waals surface area contributed by atoms with Gasteiger partial charge in [-0.2, -0.15) is 0 Å². The lowest BCUT2D eigenvalue weighted by atomic mass is 10.2. The summed E-state index contributed by atoms with van der Waals surface area (Å²) in [6, 6.07) is 13.0. The summed E-state index contributed by atoms with van der Waals surface area (Å²) < 4.78 is 6.47. The Labute approximate surface area is 190 Å². The zero-order valence-corrected chi connectivity index (χ0v) is 18.4. The lowest BCUT2D eigenvalue weighted by Crippen LogP contribution is -2.53. The number of ether oxygens (including phenoxy) is 1. The van der Waals surface area contributed by atoms with Crippen LogP contribution in [0, 0.1) is 0 Å². The summed E-state index contributed by atoms with van der Waals surface area (Å²) in [5.74, 6) is -0.129. The van der Waals surface area contributed by atoms with E-state index < -0.39 is 5.97 Å².